The summed E-state index contributed by atoms with van der Waals surface area (Å²) in [4.78, 5) is 27.0. The van der Waals surface area contributed by atoms with Crippen LogP contribution >= 0.6 is 0 Å². The van der Waals surface area contributed by atoms with E-state index in [1.165, 1.54) is 76.4 Å². The molecule has 1 aliphatic heterocycles. The summed E-state index contributed by atoms with van der Waals surface area (Å²) in [5, 5.41) is 0. The number of imide groups is 1. The SMILES string of the molecule is CCCC[C@H]1[C@H](CCCC)[C@H](CCCC)C(N2C(=O)C=CC2=O)[C@H]1CCCC. The van der Waals surface area contributed by atoms with Gasteiger partial charge in [-0.25, -0.2) is 0 Å². The highest BCUT2D eigenvalue weighted by Crippen LogP contribution is 2.52. The third kappa shape index (κ3) is 5.27. The van der Waals surface area contributed by atoms with E-state index in [1.54, 1.807) is 4.90 Å². The second-order valence-electron chi connectivity index (χ2n) is 9.09. The molecule has 0 radical (unpaired) electrons. The molecule has 28 heavy (non-hydrogen) atoms. The summed E-state index contributed by atoms with van der Waals surface area (Å²) in [5.74, 6) is 2.19. The van der Waals surface area contributed by atoms with Crippen LogP contribution in [0.3, 0.4) is 0 Å². The van der Waals surface area contributed by atoms with Crippen LogP contribution < -0.4 is 0 Å². The van der Waals surface area contributed by atoms with Crippen LogP contribution in [0.1, 0.15) is 105 Å². The Morgan fingerprint density at radius 1 is 0.607 bits per heavy atom. The van der Waals surface area contributed by atoms with Crippen molar-refractivity contribution in [2.75, 3.05) is 0 Å². The second-order valence-corrected chi connectivity index (χ2v) is 9.09. The maximum Gasteiger partial charge on any atom is 0.253 e. The molecule has 0 aromatic rings. The zero-order chi connectivity index (χ0) is 20.5. The minimum atomic E-state index is -0.0663. The maximum absolute atomic E-state index is 12.7. The van der Waals surface area contributed by atoms with Crippen LogP contribution in [0.4, 0.5) is 0 Å². The van der Waals surface area contributed by atoms with Crippen molar-refractivity contribution < 1.29 is 9.59 Å². The van der Waals surface area contributed by atoms with E-state index in [0.717, 1.165) is 12.8 Å². The quantitative estimate of drug-likeness (QED) is 0.336. The van der Waals surface area contributed by atoms with Crippen molar-refractivity contribution in [3.05, 3.63) is 12.2 Å². The molecule has 0 saturated heterocycles. The molecule has 0 bridgehead atoms. The van der Waals surface area contributed by atoms with Crippen molar-refractivity contribution in [1.29, 1.82) is 0 Å². The van der Waals surface area contributed by atoms with E-state index in [9.17, 15) is 9.59 Å². The summed E-state index contributed by atoms with van der Waals surface area (Å²) in [6.07, 6.45) is 17.6. The van der Waals surface area contributed by atoms with Gasteiger partial charge in [-0.3, -0.25) is 14.5 Å². The van der Waals surface area contributed by atoms with Crippen molar-refractivity contribution in [1.82, 2.24) is 4.90 Å². The van der Waals surface area contributed by atoms with Gasteiger partial charge in [-0.05, 0) is 49.4 Å². The predicted molar refractivity (Wildman–Crippen MR) is 117 cm³/mol. The van der Waals surface area contributed by atoms with Gasteiger partial charge in [0.05, 0.1) is 0 Å². The number of carbonyl (C=O) groups excluding carboxylic acids is 2. The van der Waals surface area contributed by atoms with Crippen LogP contribution in [0.25, 0.3) is 0 Å². The Morgan fingerprint density at radius 3 is 1.25 bits per heavy atom. The Labute approximate surface area is 173 Å². The van der Waals surface area contributed by atoms with E-state index in [-0.39, 0.29) is 17.9 Å². The van der Waals surface area contributed by atoms with Gasteiger partial charge in [-0.2, -0.15) is 0 Å². The van der Waals surface area contributed by atoms with Gasteiger partial charge >= 0.3 is 0 Å². The summed E-state index contributed by atoms with van der Waals surface area (Å²) in [6, 6.07) is 0.122. The number of carbonyl (C=O) groups is 2. The molecule has 2 amide bonds. The standard InChI is InChI=1S/C25H43NO2/c1-5-9-13-19-20(14-10-6-2)22(16-12-8-4)25(21(19)15-11-7-3)26-23(27)17-18-24(26)28/h17-22,25H,5-16H2,1-4H3/t19-,20-,21-,22-/m0/s1. The molecule has 0 aromatic heterocycles. The maximum atomic E-state index is 12.7. The Balaban J connectivity index is 2.39. The summed E-state index contributed by atoms with van der Waals surface area (Å²) >= 11 is 0. The topological polar surface area (TPSA) is 37.4 Å². The summed E-state index contributed by atoms with van der Waals surface area (Å²) in [6.45, 7) is 9.06. The van der Waals surface area contributed by atoms with Crippen LogP contribution in [0.2, 0.25) is 0 Å². The lowest BCUT2D eigenvalue weighted by Gasteiger charge is -2.34. The van der Waals surface area contributed by atoms with Gasteiger partial charge in [0.15, 0.2) is 0 Å². The Bertz CT molecular complexity index is 483. The fraction of sp³-hybridized carbons (Fsp3) is 0.840. The molecule has 1 saturated carbocycles. The van der Waals surface area contributed by atoms with E-state index in [4.69, 9.17) is 0 Å². The van der Waals surface area contributed by atoms with Crippen LogP contribution in [-0.2, 0) is 9.59 Å². The van der Waals surface area contributed by atoms with Crippen LogP contribution in [0.15, 0.2) is 12.2 Å². The highest BCUT2D eigenvalue weighted by atomic mass is 16.2. The molecular weight excluding hydrogens is 346 g/mol. The Kier molecular flexibility index (Phi) is 9.74. The third-order valence-electron chi connectivity index (χ3n) is 7.23. The minimum Gasteiger partial charge on any atom is -0.272 e. The highest BCUT2D eigenvalue weighted by molar-refractivity contribution is 6.13. The first-order valence-electron chi connectivity index (χ1n) is 12.2. The van der Waals surface area contributed by atoms with E-state index in [0.29, 0.717) is 23.7 Å². The molecule has 2 rings (SSSR count). The molecule has 4 atom stereocenters. The summed E-state index contributed by atoms with van der Waals surface area (Å²) < 4.78 is 0. The first-order chi connectivity index (χ1) is 13.6. The largest absolute Gasteiger partial charge is 0.272 e. The van der Waals surface area contributed by atoms with Gasteiger partial charge in [0, 0.05) is 18.2 Å². The molecule has 2 aliphatic rings. The minimum absolute atomic E-state index is 0.0663. The monoisotopic (exact) mass is 389 g/mol. The van der Waals surface area contributed by atoms with E-state index >= 15 is 0 Å². The molecule has 1 heterocycles. The number of nitrogens with zero attached hydrogens (tertiary/aromatic N) is 1. The predicted octanol–water partition coefficient (Wildman–Crippen LogP) is 6.52. The zero-order valence-corrected chi connectivity index (χ0v) is 18.8. The first kappa shape index (κ1) is 23.2. The van der Waals surface area contributed by atoms with Crippen molar-refractivity contribution in [3.63, 3.8) is 0 Å². The number of hydrogen-bond donors (Lipinski definition) is 0. The summed E-state index contributed by atoms with van der Waals surface area (Å²) in [5.41, 5.74) is 0. The number of unbranched alkanes of at least 4 members (excludes halogenated alkanes) is 4. The Hall–Kier alpha value is -1.12. The molecule has 0 aromatic carbocycles. The normalized spacial score (nSPS) is 30.0. The number of rotatable bonds is 13. The lowest BCUT2D eigenvalue weighted by atomic mass is 9.78. The molecule has 1 fully saturated rings. The number of amides is 2. The van der Waals surface area contributed by atoms with Crippen LogP contribution in [0.5, 0.6) is 0 Å². The van der Waals surface area contributed by atoms with Crippen LogP contribution in [-0.4, -0.2) is 22.8 Å². The Morgan fingerprint density at radius 2 is 0.929 bits per heavy atom. The summed E-state index contributed by atoms with van der Waals surface area (Å²) in [7, 11) is 0. The first-order valence-corrected chi connectivity index (χ1v) is 12.2. The highest BCUT2D eigenvalue weighted by Gasteiger charge is 2.53. The van der Waals surface area contributed by atoms with Crippen molar-refractivity contribution >= 4 is 11.8 Å². The number of hydrogen-bond acceptors (Lipinski definition) is 2. The molecule has 3 heteroatoms. The fourth-order valence-corrected chi connectivity index (χ4v) is 5.93. The van der Waals surface area contributed by atoms with E-state index < -0.39 is 0 Å². The fourth-order valence-electron chi connectivity index (χ4n) is 5.93. The molecule has 0 spiro atoms. The van der Waals surface area contributed by atoms with Gasteiger partial charge < -0.3 is 0 Å². The van der Waals surface area contributed by atoms with Crippen molar-refractivity contribution in [2.24, 2.45) is 23.7 Å². The van der Waals surface area contributed by atoms with Crippen molar-refractivity contribution in [2.45, 2.75) is 111 Å². The van der Waals surface area contributed by atoms with Crippen LogP contribution in [0, 0.1) is 23.7 Å². The molecule has 3 nitrogen and oxygen atoms in total. The van der Waals surface area contributed by atoms with Gasteiger partial charge in [-0.1, -0.05) is 79.1 Å². The zero-order valence-electron chi connectivity index (χ0n) is 18.8. The average molecular weight is 390 g/mol. The van der Waals surface area contributed by atoms with E-state index in [1.807, 2.05) is 0 Å². The molecule has 160 valence electrons. The van der Waals surface area contributed by atoms with Crippen molar-refractivity contribution in [3.8, 4) is 0 Å². The molecule has 0 N–H and O–H groups in total. The lowest BCUT2D eigenvalue weighted by molar-refractivity contribution is -0.141. The second kappa shape index (κ2) is 11.8. The molecular formula is C25H43NO2. The molecule has 1 aliphatic carbocycles. The lowest BCUT2D eigenvalue weighted by Crippen LogP contribution is -2.46. The van der Waals surface area contributed by atoms with Gasteiger partial charge in [0.25, 0.3) is 11.8 Å². The van der Waals surface area contributed by atoms with Gasteiger partial charge in [-0.15, -0.1) is 0 Å². The van der Waals surface area contributed by atoms with Gasteiger partial charge in [0.2, 0.25) is 0 Å². The van der Waals surface area contributed by atoms with Gasteiger partial charge in [0.1, 0.15) is 0 Å². The molecule has 0 unspecified atom stereocenters. The van der Waals surface area contributed by atoms with E-state index in [2.05, 4.69) is 27.7 Å². The smallest absolute Gasteiger partial charge is 0.253 e. The third-order valence-corrected chi connectivity index (χ3v) is 7.23. The average Bonchev–Trinajstić information content (AvgIpc) is 3.16.